The molecule has 3 unspecified atom stereocenters. The van der Waals surface area contributed by atoms with Gasteiger partial charge in [-0.2, -0.15) is 0 Å². The number of carbonyl (C=O) groups is 3. The summed E-state index contributed by atoms with van der Waals surface area (Å²) < 4.78 is 12.1. The largest absolute Gasteiger partial charge is 0.466 e. The van der Waals surface area contributed by atoms with Gasteiger partial charge in [-0.3, -0.25) is 14.4 Å². The molecule has 3 heterocycles. The highest BCUT2D eigenvalue weighted by Crippen LogP contribution is 2.65. The molecule has 3 aliphatic heterocycles. The zero-order chi connectivity index (χ0) is 26.3. The zero-order valence-corrected chi connectivity index (χ0v) is 21.9. The predicted octanol–water partition coefficient (Wildman–Crippen LogP) is 3.21. The quantitative estimate of drug-likeness (QED) is 0.290. The number of halogens is 1. The van der Waals surface area contributed by atoms with Crippen LogP contribution in [0.1, 0.15) is 40.0 Å². The molecule has 3 aliphatic rings. The smallest absolute Gasteiger partial charge is 0.312 e. The zero-order valence-electron chi connectivity index (χ0n) is 21.1. The normalized spacial score (nSPS) is 32.5. The lowest BCUT2D eigenvalue weighted by Gasteiger charge is -2.37. The summed E-state index contributed by atoms with van der Waals surface area (Å²) in [5, 5.41) is 9.87. The van der Waals surface area contributed by atoms with Gasteiger partial charge in [0, 0.05) is 30.4 Å². The first-order valence-electron chi connectivity index (χ1n) is 12.6. The van der Waals surface area contributed by atoms with Crippen LogP contribution in [0.4, 0.5) is 5.69 Å². The molecule has 0 aromatic heterocycles. The summed E-state index contributed by atoms with van der Waals surface area (Å²) in [5.74, 6) is -2.69. The number of likely N-dealkylation sites (tertiary alicyclic amines) is 1. The summed E-state index contributed by atoms with van der Waals surface area (Å²) in [6.45, 7) is 10.1. The number of esters is 1. The van der Waals surface area contributed by atoms with Gasteiger partial charge >= 0.3 is 5.97 Å². The van der Waals surface area contributed by atoms with Gasteiger partial charge in [-0.05, 0) is 63.3 Å². The average Bonchev–Trinajstić information content (AvgIpc) is 3.35. The van der Waals surface area contributed by atoms with Crippen LogP contribution in [0.15, 0.2) is 36.9 Å². The van der Waals surface area contributed by atoms with E-state index in [-0.39, 0.29) is 44.0 Å². The number of unbranched alkanes of at least 4 members (excludes halogenated alkanes) is 1. The summed E-state index contributed by atoms with van der Waals surface area (Å²) in [7, 11) is 0. The van der Waals surface area contributed by atoms with Crippen LogP contribution >= 0.6 is 11.6 Å². The fraction of sp³-hybridized carbons (Fsp3) is 0.593. The minimum Gasteiger partial charge on any atom is -0.466 e. The molecule has 8 nitrogen and oxygen atoms in total. The van der Waals surface area contributed by atoms with Crippen molar-refractivity contribution >= 4 is 35.1 Å². The molecule has 1 spiro atoms. The minimum absolute atomic E-state index is 0.0143. The Kier molecular flexibility index (Phi) is 7.51. The van der Waals surface area contributed by atoms with E-state index < -0.39 is 35.0 Å². The summed E-state index contributed by atoms with van der Waals surface area (Å²) >= 11 is 6.08. The molecule has 196 valence electrons. The van der Waals surface area contributed by atoms with E-state index in [2.05, 4.69) is 6.58 Å². The number of aliphatic hydroxyl groups is 1. The lowest BCUT2D eigenvalue weighted by atomic mass is 9.62. The van der Waals surface area contributed by atoms with E-state index in [1.807, 2.05) is 13.8 Å². The molecule has 6 atom stereocenters. The molecule has 3 fully saturated rings. The van der Waals surface area contributed by atoms with E-state index in [1.54, 1.807) is 47.1 Å². The highest BCUT2D eigenvalue weighted by Gasteiger charge is 2.80. The second-order valence-electron chi connectivity index (χ2n) is 10.1. The Hall–Kier alpha value is -2.42. The van der Waals surface area contributed by atoms with Crippen molar-refractivity contribution in [2.45, 2.75) is 57.3 Å². The number of aliphatic hydroxyl groups excluding tert-OH is 1. The van der Waals surface area contributed by atoms with Gasteiger partial charge in [-0.1, -0.05) is 24.6 Å². The van der Waals surface area contributed by atoms with Crippen molar-refractivity contribution in [1.29, 1.82) is 0 Å². The van der Waals surface area contributed by atoms with Crippen molar-refractivity contribution in [3.05, 3.63) is 41.9 Å². The van der Waals surface area contributed by atoms with Crippen LogP contribution in [-0.2, 0) is 23.9 Å². The number of anilines is 1. The third-order valence-electron chi connectivity index (χ3n) is 8.11. The van der Waals surface area contributed by atoms with Crippen molar-refractivity contribution in [2.24, 2.45) is 17.8 Å². The number of carbonyl (C=O) groups excluding carboxylic acids is 3. The molecule has 1 aromatic carbocycles. The molecule has 4 rings (SSSR count). The summed E-state index contributed by atoms with van der Waals surface area (Å²) in [6.07, 6.45) is 3.12. The highest BCUT2D eigenvalue weighted by atomic mass is 35.5. The van der Waals surface area contributed by atoms with E-state index in [0.29, 0.717) is 30.0 Å². The fourth-order valence-corrected chi connectivity index (χ4v) is 6.59. The Bertz CT molecular complexity index is 1030. The number of nitrogens with zero attached hydrogens (tertiary/aromatic N) is 2. The molecule has 2 bridgehead atoms. The van der Waals surface area contributed by atoms with Crippen LogP contribution < -0.4 is 4.90 Å². The van der Waals surface area contributed by atoms with Crippen molar-refractivity contribution in [3.63, 3.8) is 0 Å². The molecule has 3 saturated heterocycles. The topological polar surface area (TPSA) is 96.4 Å². The molecule has 2 amide bonds. The van der Waals surface area contributed by atoms with Gasteiger partial charge in [0.15, 0.2) is 0 Å². The number of benzene rings is 1. The lowest BCUT2D eigenvalue weighted by Crippen LogP contribution is -2.57. The van der Waals surface area contributed by atoms with Crippen LogP contribution in [0.2, 0.25) is 5.02 Å². The number of fused-ring (bicyclic) bond motifs is 1. The second kappa shape index (κ2) is 10.1. The maximum Gasteiger partial charge on any atom is 0.312 e. The first-order chi connectivity index (χ1) is 17.2. The van der Waals surface area contributed by atoms with Gasteiger partial charge in [-0.15, -0.1) is 6.58 Å². The molecular weight excluding hydrogens is 484 g/mol. The van der Waals surface area contributed by atoms with Gasteiger partial charge in [0.1, 0.15) is 17.6 Å². The van der Waals surface area contributed by atoms with Crippen LogP contribution in [0.25, 0.3) is 0 Å². The third-order valence-corrected chi connectivity index (χ3v) is 8.36. The van der Waals surface area contributed by atoms with Gasteiger partial charge in [0.05, 0.1) is 18.1 Å². The van der Waals surface area contributed by atoms with Crippen LogP contribution in [-0.4, -0.2) is 71.3 Å². The second-order valence-corrected chi connectivity index (χ2v) is 10.6. The Morgan fingerprint density at radius 1 is 1.33 bits per heavy atom. The van der Waals surface area contributed by atoms with E-state index in [4.69, 9.17) is 21.1 Å². The number of amides is 2. The number of hydrogen-bond donors (Lipinski definition) is 1. The van der Waals surface area contributed by atoms with Gasteiger partial charge < -0.3 is 24.4 Å². The van der Waals surface area contributed by atoms with Crippen LogP contribution in [0, 0.1) is 17.8 Å². The molecule has 0 saturated carbocycles. The van der Waals surface area contributed by atoms with Gasteiger partial charge in [0.25, 0.3) is 5.91 Å². The van der Waals surface area contributed by atoms with Gasteiger partial charge in [0.2, 0.25) is 5.91 Å². The van der Waals surface area contributed by atoms with Crippen molar-refractivity contribution < 1.29 is 29.0 Å². The van der Waals surface area contributed by atoms with E-state index in [1.165, 1.54) is 0 Å². The Labute approximate surface area is 217 Å². The Morgan fingerprint density at radius 2 is 2.03 bits per heavy atom. The molecule has 36 heavy (non-hydrogen) atoms. The standard InChI is InChI=1S/C27H35ClN2O6/c1-5-13-29(19-11-9-18(28)10-12-19)24(33)22-27-16-17(3)26(4,36-27)21(25(34)35-6-2)20(27)23(32)30(22)14-7-8-15-31/h5,9-12,17,20-22,31H,1,6-8,13-16H2,2-4H3/t17?,20-,21+,22?,26-,27?/m0/s1. The molecule has 1 N–H and O–H groups in total. The Balaban J connectivity index is 1.80. The Morgan fingerprint density at radius 3 is 2.64 bits per heavy atom. The van der Waals surface area contributed by atoms with Crippen LogP contribution in [0.3, 0.4) is 0 Å². The predicted molar refractivity (Wildman–Crippen MR) is 135 cm³/mol. The van der Waals surface area contributed by atoms with Crippen molar-refractivity contribution in [2.75, 3.05) is 31.2 Å². The molecule has 0 radical (unpaired) electrons. The number of hydrogen-bond acceptors (Lipinski definition) is 6. The van der Waals surface area contributed by atoms with Crippen molar-refractivity contribution in [3.8, 4) is 0 Å². The molecule has 0 aliphatic carbocycles. The van der Waals surface area contributed by atoms with E-state index >= 15 is 0 Å². The maximum absolute atomic E-state index is 14.4. The molecule has 9 heteroatoms. The summed E-state index contributed by atoms with van der Waals surface area (Å²) in [4.78, 5) is 44.7. The van der Waals surface area contributed by atoms with Crippen LogP contribution in [0.5, 0.6) is 0 Å². The van der Waals surface area contributed by atoms with E-state index in [0.717, 1.165) is 0 Å². The van der Waals surface area contributed by atoms with E-state index in [9.17, 15) is 19.5 Å². The molecule has 1 aromatic rings. The monoisotopic (exact) mass is 518 g/mol. The third kappa shape index (κ3) is 4.03. The average molecular weight is 519 g/mol. The summed E-state index contributed by atoms with van der Waals surface area (Å²) in [5.41, 5.74) is -1.43. The fourth-order valence-electron chi connectivity index (χ4n) is 6.46. The molecular formula is C27H35ClN2O6. The van der Waals surface area contributed by atoms with Gasteiger partial charge in [-0.25, -0.2) is 0 Å². The minimum atomic E-state index is -1.15. The number of rotatable bonds is 10. The van der Waals surface area contributed by atoms with Crippen molar-refractivity contribution in [1.82, 2.24) is 4.90 Å². The first-order valence-corrected chi connectivity index (χ1v) is 13.0. The maximum atomic E-state index is 14.4. The number of ether oxygens (including phenoxy) is 2. The lowest BCUT2D eigenvalue weighted by molar-refractivity contribution is -0.161. The highest BCUT2D eigenvalue weighted by molar-refractivity contribution is 6.30. The summed E-state index contributed by atoms with van der Waals surface area (Å²) in [6, 6.07) is 6.00. The first kappa shape index (κ1) is 26.6. The SMILES string of the molecule is C=CCN(C(=O)C1N(CCCCO)C(=O)[C@@H]2[C@H](C(=O)OCC)[C@@]3(C)OC12CC3C)c1ccc(Cl)cc1.